The number of anilines is 1. The lowest BCUT2D eigenvalue weighted by molar-refractivity contribution is 0.224. The summed E-state index contributed by atoms with van der Waals surface area (Å²) in [4.78, 5) is 15.6. The standard InChI is InChI=1S/C14H20N4O3/c1-4-9(20-7-6-15)12-10(5-2)21-11-8-18(3)14(19)17-13(11)16-12/h4,8H,5-7,15H2,1-3H3,(H,16,17,19)/b9-4+. The van der Waals surface area contributed by atoms with E-state index in [2.05, 4.69) is 10.3 Å². The third kappa shape index (κ3) is 3.08. The fraction of sp³-hybridized carbons (Fsp3) is 0.429. The average molecular weight is 292 g/mol. The molecule has 2 rings (SSSR count). The first-order chi connectivity index (χ1) is 10.1. The van der Waals surface area contributed by atoms with Gasteiger partial charge in [0.05, 0.1) is 6.20 Å². The number of nitrogens with zero attached hydrogens (tertiary/aromatic N) is 2. The Kier molecular flexibility index (Phi) is 4.64. The predicted molar refractivity (Wildman–Crippen MR) is 79.8 cm³/mol. The van der Waals surface area contributed by atoms with Crippen molar-refractivity contribution in [2.24, 2.45) is 12.8 Å². The van der Waals surface area contributed by atoms with Gasteiger partial charge in [-0.25, -0.2) is 4.79 Å². The van der Waals surface area contributed by atoms with Gasteiger partial charge in [0, 0.05) is 20.0 Å². The summed E-state index contributed by atoms with van der Waals surface area (Å²) in [6, 6.07) is 0. The zero-order valence-corrected chi connectivity index (χ0v) is 12.5. The molecule has 0 unspecified atom stereocenters. The molecule has 1 aromatic rings. The summed E-state index contributed by atoms with van der Waals surface area (Å²) >= 11 is 0. The normalized spacial score (nSPS) is 14.4. The number of allylic oxidation sites excluding steroid dienone is 2. The quantitative estimate of drug-likeness (QED) is 0.789. The summed E-state index contributed by atoms with van der Waals surface area (Å²) in [5, 5.41) is 3.12. The molecule has 0 saturated carbocycles. The maximum atomic E-state index is 11.6. The predicted octanol–water partition coefficient (Wildman–Crippen LogP) is 1.09. The van der Waals surface area contributed by atoms with Gasteiger partial charge in [0.15, 0.2) is 11.6 Å². The van der Waals surface area contributed by atoms with E-state index in [9.17, 15) is 4.79 Å². The van der Waals surface area contributed by atoms with E-state index in [1.807, 2.05) is 19.9 Å². The average Bonchev–Trinajstić information content (AvgIpc) is 2.48. The monoisotopic (exact) mass is 292 g/mol. The van der Waals surface area contributed by atoms with E-state index >= 15 is 0 Å². The van der Waals surface area contributed by atoms with Crippen LogP contribution in [0.2, 0.25) is 0 Å². The van der Waals surface area contributed by atoms with Crippen molar-refractivity contribution in [1.82, 2.24) is 9.55 Å². The molecule has 0 aromatic carbocycles. The van der Waals surface area contributed by atoms with Crippen LogP contribution < -0.4 is 21.5 Å². The van der Waals surface area contributed by atoms with Crippen LogP contribution in [0.1, 0.15) is 20.3 Å². The summed E-state index contributed by atoms with van der Waals surface area (Å²) in [6.45, 7) is 4.66. The Labute approximate surface area is 123 Å². The Balaban J connectivity index is 2.39. The molecule has 0 bridgehead atoms. The highest BCUT2D eigenvalue weighted by Gasteiger charge is 2.23. The van der Waals surface area contributed by atoms with Crippen LogP contribution in [0.15, 0.2) is 34.3 Å². The number of fused-ring (bicyclic) bond motifs is 1. The molecule has 1 aliphatic rings. The molecule has 7 nitrogen and oxygen atoms in total. The smallest absolute Gasteiger partial charge is 0.349 e. The van der Waals surface area contributed by atoms with Gasteiger partial charge in [-0.2, -0.15) is 4.98 Å². The van der Waals surface area contributed by atoms with Crippen LogP contribution in [0.5, 0.6) is 5.75 Å². The van der Waals surface area contributed by atoms with Gasteiger partial charge in [-0.05, 0) is 13.0 Å². The molecule has 0 aliphatic carbocycles. The van der Waals surface area contributed by atoms with Gasteiger partial charge in [-0.3, -0.25) is 4.57 Å². The minimum absolute atomic E-state index is 0.353. The Morgan fingerprint density at radius 1 is 1.62 bits per heavy atom. The van der Waals surface area contributed by atoms with E-state index in [-0.39, 0.29) is 5.69 Å². The van der Waals surface area contributed by atoms with Crippen molar-refractivity contribution in [2.45, 2.75) is 20.3 Å². The van der Waals surface area contributed by atoms with Crippen molar-refractivity contribution >= 4 is 5.82 Å². The van der Waals surface area contributed by atoms with Gasteiger partial charge < -0.3 is 20.5 Å². The zero-order valence-electron chi connectivity index (χ0n) is 12.5. The van der Waals surface area contributed by atoms with Crippen molar-refractivity contribution < 1.29 is 9.47 Å². The Bertz CT molecular complexity index is 646. The lowest BCUT2D eigenvalue weighted by Crippen LogP contribution is -2.26. The first-order valence-corrected chi connectivity index (χ1v) is 6.86. The van der Waals surface area contributed by atoms with Gasteiger partial charge in [-0.15, -0.1) is 0 Å². The van der Waals surface area contributed by atoms with Crippen LogP contribution in [0.4, 0.5) is 5.82 Å². The number of aryl methyl sites for hydroxylation is 1. The molecule has 0 atom stereocenters. The maximum Gasteiger partial charge on any atom is 0.349 e. The Hall–Kier alpha value is -2.28. The van der Waals surface area contributed by atoms with Crippen molar-refractivity contribution in [3.8, 4) is 5.75 Å². The first-order valence-electron chi connectivity index (χ1n) is 6.86. The summed E-state index contributed by atoms with van der Waals surface area (Å²) in [5.41, 5.74) is 5.79. The Morgan fingerprint density at radius 2 is 2.38 bits per heavy atom. The van der Waals surface area contributed by atoms with Gasteiger partial charge in [0.2, 0.25) is 0 Å². The van der Waals surface area contributed by atoms with Gasteiger partial charge in [0.25, 0.3) is 0 Å². The molecule has 1 aromatic heterocycles. The highest BCUT2D eigenvalue weighted by Crippen LogP contribution is 2.33. The van der Waals surface area contributed by atoms with E-state index in [1.165, 1.54) is 4.57 Å². The summed E-state index contributed by atoms with van der Waals surface area (Å²) in [7, 11) is 1.63. The van der Waals surface area contributed by atoms with E-state index in [1.54, 1.807) is 13.2 Å². The molecule has 7 heteroatoms. The molecular formula is C14H20N4O3. The number of nitrogens with two attached hydrogens (primary N) is 1. The molecule has 21 heavy (non-hydrogen) atoms. The molecule has 0 fully saturated rings. The molecule has 0 radical (unpaired) electrons. The Morgan fingerprint density at radius 3 is 3.00 bits per heavy atom. The van der Waals surface area contributed by atoms with Crippen molar-refractivity contribution in [3.63, 3.8) is 0 Å². The summed E-state index contributed by atoms with van der Waals surface area (Å²) in [6.07, 6.45) is 4.11. The largest absolute Gasteiger partial charge is 0.490 e. The third-order valence-corrected chi connectivity index (χ3v) is 3.01. The fourth-order valence-electron chi connectivity index (χ4n) is 1.97. The van der Waals surface area contributed by atoms with Crippen LogP contribution in [-0.4, -0.2) is 22.7 Å². The molecule has 0 saturated heterocycles. The fourth-order valence-corrected chi connectivity index (χ4v) is 1.97. The topological polar surface area (TPSA) is 91.4 Å². The molecule has 3 N–H and O–H groups in total. The van der Waals surface area contributed by atoms with Crippen LogP contribution in [-0.2, 0) is 11.8 Å². The second kappa shape index (κ2) is 6.45. The second-order valence-electron chi connectivity index (χ2n) is 4.52. The van der Waals surface area contributed by atoms with Gasteiger partial charge >= 0.3 is 5.69 Å². The number of ether oxygens (including phenoxy) is 2. The number of hydrogen-bond acceptors (Lipinski definition) is 6. The van der Waals surface area contributed by atoms with Crippen molar-refractivity contribution in [1.29, 1.82) is 0 Å². The number of nitrogens with one attached hydrogen (secondary N) is 1. The first kappa shape index (κ1) is 15.1. The van der Waals surface area contributed by atoms with E-state index in [4.69, 9.17) is 15.2 Å². The van der Waals surface area contributed by atoms with E-state index < -0.39 is 0 Å². The van der Waals surface area contributed by atoms with Crippen LogP contribution in [0.25, 0.3) is 0 Å². The summed E-state index contributed by atoms with van der Waals surface area (Å²) < 4.78 is 12.8. The van der Waals surface area contributed by atoms with Crippen LogP contribution in [0.3, 0.4) is 0 Å². The molecular weight excluding hydrogens is 272 g/mol. The molecule has 2 heterocycles. The number of hydrogen-bond donors (Lipinski definition) is 2. The lowest BCUT2D eigenvalue weighted by atomic mass is 10.2. The summed E-state index contributed by atoms with van der Waals surface area (Å²) in [5.74, 6) is 2.27. The molecule has 1 aliphatic heterocycles. The maximum absolute atomic E-state index is 11.6. The highest BCUT2D eigenvalue weighted by atomic mass is 16.5. The van der Waals surface area contributed by atoms with Crippen LogP contribution >= 0.6 is 0 Å². The minimum Gasteiger partial charge on any atom is -0.490 e. The lowest BCUT2D eigenvalue weighted by Gasteiger charge is -2.25. The molecule has 0 spiro atoms. The number of aromatic nitrogens is 2. The number of rotatable bonds is 5. The van der Waals surface area contributed by atoms with Gasteiger partial charge in [0.1, 0.15) is 23.8 Å². The highest BCUT2D eigenvalue weighted by molar-refractivity contribution is 5.59. The SMILES string of the molecule is C/C=C(/OCCN)C1=C(CC)Oc2cn(C)c(=O)nc2N1. The second-order valence-corrected chi connectivity index (χ2v) is 4.52. The van der Waals surface area contributed by atoms with Gasteiger partial charge in [-0.1, -0.05) is 6.92 Å². The molecule has 0 amide bonds. The van der Waals surface area contributed by atoms with Crippen LogP contribution in [0, 0.1) is 0 Å². The van der Waals surface area contributed by atoms with E-state index in [0.29, 0.717) is 42.6 Å². The minimum atomic E-state index is -0.353. The zero-order chi connectivity index (χ0) is 15.4. The van der Waals surface area contributed by atoms with Crippen molar-refractivity contribution in [2.75, 3.05) is 18.5 Å². The third-order valence-electron chi connectivity index (χ3n) is 3.01. The van der Waals surface area contributed by atoms with Crippen molar-refractivity contribution in [3.05, 3.63) is 40.0 Å². The molecule has 114 valence electrons. The van der Waals surface area contributed by atoms with E-state index in [0.717, 1.165) is 5.76 Å².